The number of ether oxygens (including phenoxy) is 1. The van der Waals surface area contributed by atoms with E-state index in [0.29, 0.717) is 5.02 Å². The molecule has 4 aromatic rings. The maximum absolute atomic E-state index is 12.6. The molecule has 0 saturated heterocycles. The summed E-state index contributed by atoms with van der Waals surface area (Å²) in [6, 6.07) is 20.6. The Hall–Kier alpha value is -3.77. The Kier molecular flexibility index (Phi) is 5.75. The van der Waals surface area contributed by atoms with Crippen LogP contribution >= 0.6 is 11.6 Å². The molecule has 34 heavy (non-hydrogen) atoms. The van der Waals surface area contributed by atoms with Crippen molar-refractivity contribution >= 4 is 34.6 Å². The van der Waals surface area contributed by atoms with Gasteiger partial charge in [0.1, 0.15) is 12.6 Å². The largest absolute Gasteiger partial charge is 0.480 e. The lowest BCUT2D eigenvalue weighted by Gasteiger charge is -2.17. The van der Waals surface area contributed by atoms with Crippen LogP contribution in [0.4, 0.5) is 4.79 Å². The molecule has 2 N–H and O–H groups in total. The Labute approximate surface area is 201 Å². The van der Waals surface area contributed by atoms with Crippen LogP contribution in [-0.2, 0) is 23.0 Å². The number of aryl methyl sites for hydroxylation is 1. The van der Waals surface area contributed by atoms with Crippen LogP contribution in [0.1, 0.15) is 22.6 Å². The molecule has 0 saturated carbocycles. The van der Waals surface area contributed by atoms with Crippen LogP contribution in [0.5, 0.6) is 0 Å². The number of halogens is 1. The van der Waals surface area contributed by atoms with Gasteiger partial charge < -0.3 is 19.7 Å². The minimum atomic E-state index is -1.13. The van der Waals surface area contributed by atoms with Crippen LogP contribution in [0.15, 0.2) is 72.9 Å². The molecule has 1 amide bonds. The second-order valence-corrected chi connectivity index (χ2v) is 8.91. The van der Waals surface area contributed by atoms with Gasteiger partial charge in [-0.1, -0.05) is 72.3 Å². The third-order valence-electron chi connectivity index (χ3n) is 6.38. The van der Waals surface area contributed by atoms with E-state index in [0.717, 1.165) is 38.7 Å². The normalized spacial score (nSPS) is 13.4. The van der Waals surface area contributed by atoms with E-state index >= 15 is 0 Å². The van der Waals surface area contributed by atoms with Crippen LogP contribution < -0.4 is 5.32 Å². The van der Waals surface area contributed by atoms with Crippen molar-refractivity contribution in [1.82, 2.24) is 9.88 Å². The Bertz CT molecular complexity index is 1370. The zero-order valence-corrected chi connectivity index (χ0v) is 19.3. The highest BCUT2D eigenvalue weighted by Crippen LogP contribution is 2.44. The zero-order valence-electron chi connectivity index (χ0n) is 18.5. The first-order valence-corrected chi connectivity index (χ1v) is 11.4. The fraction of sp³-hybridized carbons (Fsp3) is 0.185. The topological polar surface area (TPSA) is 80.6 Å². The lowest BCUT2D eigenvalue weighted by Crippen LogP contribution is -2.42. The van der Waals surface area contributed by atoms with Gasteiger partial charge in [-0.25, -0.2) is 9.59 Å². The molecule has 6 nitrogen and oxygen atoms in total. The zero-order chi connectivity index (χ0) is 23.8. The number of nitrogens with zero attached hydrogens (tertiary/aromatic N) is 1. The molecule has 0 bridgehead atoms. The quantitative estimate of drug-likeness (QED) is 0.394. The Morgan fingerprint density at radius 1 is 1.06 bits per heavy atom. The van der Waals surface area contributed by atoms with Gasteiger partial charge in [0.2, 0.25) is 0 Å². The number of carbonyl (C=O) groups is 2. The lowest BCUT2D eigenvalue weighted by atomic mass is 9.98. The molecule has 0 spiro atoms. The molecule has 0 aliphatic heterocycles. The van der Waals surface area contributed by atoms with E-state index in [4.69, 9.17) is 16.3 Å². The number of hydrogen-bond donors (Lipinski definition) is 2. The molecule has 0 fully saturated rings. The van der Waals surface area contributed by atoms with E-state index in [1.807, 2.05) is 66.2 Å². The van der Waals surface area contributed by atoms with Gasteiger partial charge in [0.05, 0.1) is 5.02 Å². The molecule has 1 aromatic heterocycles. The lowest BCUT2D eigenvalue weighted by molar-refractivity contribution is -0.139. The standard InChI is InChI=1S/C27H23ClN2O4/c1-30-14-23(28)21-11-10-16(13-25(21)30)12-24(26(31)32)29-27(33)34-15-22-19-8-4-2-6-17(19)18-7-3-5-9-20(18)22/h2-11,13-14,22,24H,12,15H2,1H3,(H,29,33)(H,31,32)/t24-/m0/s1. The molecule has 1 heterocycles. The third kappa shape index (κ3) is 4.01. The number of carboxylic acids is 1. The summed E-state index contributed by atoms with van der Waals surface area (Å²) in [6.07, 6.45) is 1.18. The summed E-state index contributed by atoms with van der Waals surface area (Å²) >= 11 is 6.22. The number of aliphatic carboxylic acids is 1. The van der Waals surface area contributed by atoms with E-state index in [-0.39, 0.29) is 18.9 Å². The van der Waals surface area contributed by atoms with E-state index in [1.165, 1.54) is 0 Å². The fourth-order valence-electron chi connectivity index (χ4n) is 4.73. The van der Waals surface area contributed by atoms with Crippen LogP contribution in [0.25, 0.3) is 22.0 Å². The van der Waals surface area contributed by atoms with Crippen LogP contribution in [0.3, 0.4) is 0 Å². The molecule has 1 aliphatic carbocycles. The number of nitrogens with one attached hydrogen (secondary N) is 1. The van der Waals surface area contributed by atoms with E-state index in [2.05, 4.69) is 17.4 Å². The van der Waals surface area contributed by atoms with Gasteiger partial charge in [0.15, 0.2) is 0 Å². The van der Waals surface area contributed by atoms with Crippen molar-refractivity contribution in [2.45, 2.75) is 18.4 Å². The van der Waals surface area contributed by atoms with Crippen LogP contribution in [0, 0.1) is 0 Å². The first kappa shape index (κ1) is 22.0. The van der Waals surface area contributed by atoms with Crippen molar-refractivity contribution in [1.29, 1.82) is 0 Å². The number of amides is 1. The third-order valence-corrected chi connectivity index (χ3v) is 6.68. The monoisotopic (exact) mass is 474 g/mol. The number of alkyl carbamates (subject to hydrolysis) is 1. The van der Waals surface area contributed by atoms with Gasteiger partial charge in [0, 0.05) is 36.5 Å². The maximum Gasteiger partial charge on any atom is 0.407 e. The molecule has 7 heteroatoms. The average molecular weight is 475 g/mol. The van der Waals surface area contributed by atoms with Crippen molar-refractivity contribution in [2.75, 3.05) is 6.61 Å². The van der Waals surface area contributed by atoms with Gasteiger partial charge >= 0.3 is 12.1 Å². The number of benzene rings is 3. The molecule has 0 unspecified atom stereocenters. The molecular formula is C27H23ClN2O4. The molecule has 1 atom stereocenters. The highest BCUT2D eigenvalue weighted by atomic mass is 35.5. The second kappa shape index (κ2) is 8.88. The highest BCUT2D eigenvalue weighted by molar-refractivity contribution is 6.35. The molecule has 0 radical (unpaired) electrons. The SMILES string of the molecule is Cn1cc(Cl)c2ccc(C[C@H](NC(=O)OCC3c4ccccc4-c4ccccc43)C(=O)O)cc21. The van der Waals surface area contributed by atoms with Gasteiger partial charge in [-0.3, -0.25) is 0 Å². The predicted octanol–water partition coefficient (Wildman–Crippen LogP) is 5.37. The Morgan fingerprint density at radius 3 is 2.35 bits per heavy atom. The first-order valence-electron chi connectivity index (χ1n) is 11.0. The minimum absolute atomic E-state index is 0.0917. The van der Waals surface area contributed by atoms with E-state index in [1.54, 1.807) is 6.20 Å². The summed E-state index contributed by atoms with van der Waals surface area (Å²) in [6.45, 7) is 0.125. The fourth-order valence-corrected chi connectivity index (χ4v) is 5.03. The Balaban J connectivity index is 1.28. The van der Waals surface area contributed by atoms with Crippen LogP contribution in [0.2, 0.25) is 5.02 Å². The minimum Gasteiger partial charge on any atom is -0.480 e. The number of aromatic nitrogens is 1. The van der Waals surface area contributed by atoms with Crippen molar-refractivity contribution in [3.8, 4) is 11.1 Å². The van der Waals surface area contributed by atoms with Crippen molar-refractivity contribution < 1.29 is 19.4 Å². The highest BCUT2D eigenvalue weighted by Gasteiger charge is 2.29. The molecular weight excluding hydrogens is 452 g/mol. The number of rotatable bonds is 6. The van der Waals surface area contributed by atoms with Gasteiger partial charge in [-0.2, -0.15) is 0 Å². The summed E-state index contributed by atoms with van der Waals surface area (Å²) in [5.74, 6) is -1.22. The molecule has 5 rings (SSSR count). The summed E-state index contributed by atoms with van der Waals surface area (Å²) in [5, 5.41) is 13.7. The summed E-state index contributed by atoms with van der Waals surface area (Å²) < 4.78 is 7.40. The smallest absolute Gasteiger partial charge is 0.407 e. The van der Waals surface area contributed by atoms with Gasteiger partial charge in [0.25, 0.3) is 0 Å². The van der Waals surface area contributed by atoms with E-state index < -0.39 is 18.1 Å². The van der Waals surface area contributed by atoms with Crippen molar-refractivity contribution in [2.24, 2.45) is 7.05 Å². The Morgan fingerprint density at radius 2 is 1.71 bits per heavy atom. The van der Waals surface area contributed by atoms with Crippen LogP contribution in [-0.4, -0.2) is 34.4 Å². The number of fused-ring (bicyclic) bond motifs is 4. The molecule has 172 valence electrons. The first-order chi connectivity index (χ1) is 16.4. The number of hydrogen-bond acceptors (Lipinski definition) is 3. The number of carbonyl (C=O) groups excluding carboxylic acids is 1. The van der Waals surface area contributed by atoms with Gasteiger partial charge in [-0.05, 0) is 33.9 Å². The predicted molar refractivity (Wildman–Crippen MR) is 131 cm³/mol. The number of carboxylic acid groups (broad SMARTS) is 1. The molecule has 1 aliphatic rings. The molecule has 3 aromatic carbocycles. The average Bonchev–Trinajstić information content (AvgIpc) is 3.30. The summed E-state index contributed by atoms with van der Waals surface area (Å²) in [7, 11) is 1.88. The maximum atomic E-state index is 12.6. The second-order valence-electron chi connectivity index (χ2n) is 8.50. The van der Waals surface area contributed by atoms with Gasteiger partial charge in [-0.15, -0.1) is 0 Å². The van der Waals surface area contributed by atoms with E-state index in [9.17, 15) is 14.7 Å². The van der Waals surface area contributed by atoms with Crippen molar-refractivity contribution in [3.05, 3.63) is 94.6 Å². The summed E-state index contributed by atoms with van der Waals surface area (Å²) in [4.78, 5) is 24.4. The summed E-state index contributed by atoms with van der Waals surface area (Å²) in [5.41, 5.74) is 6.13. The van der Waals surface area contributed by atoms with Crippen molar-refractivity contribution in [3.63, 3.8) is 0 Å².